The number of carbonyl (C=O) groups excluding carboxylic acids is 1. The number of hydrogen-bond donors (Lipinski definition) is 2. The molecule has 0 aromatic heterocycles. The quantitative estimate of drug-likeness (QED) is 0.662. The van der Waals surface area contributed by atoms with Gasteiger partial charge >= 0.3 is 6.03 Å². The highest BCUT2D eigenvalue weighted by Crippen LogP contribution is 2.10. The Balaban J connectivity index is 1.88. The van der Waals surface area contributed by atoms with Gasteiger partial charge < -0.3 is 10.1 Å². The van der Waals surface area contributed by atoms with Gasteiger partial charge in [0.25, 0.3) is 0 Å². The van der Waals surface area contributed by atoms with Crippen LogP contribution in [0.15, 0.2) is 59.7 Å². The number of hydrazone groups is 1. The van der Waals surface area contributed by atoms with E-state index in [2.05, 4.69) is 15.8 Å². The van der Waals surface area contributed by atoms with Gasteiger partial charge in [-0.25, -0.2) is 10.2 Å². The second kappa shape index (κ2) is 6.94. The van der Waals surface area contributed by atoms with Gasteiger partial charge in [-0.2, -0.15) is 5.10 Å². The summed E-state index contributed by atoms with van der Waals surface area (Å²) in [6.07, 6.45) is 1.55. The highest BCUT2D eigenvalue weighted by Gasteiger charge is 1.98. The number of rotatable bonds is 4. The fraction of sp³-hybridized carbons (Fsp3) is 0.0667. The van der Waals surface area contributed by atoms with Gasteiger partial charge in [0.1, 0.15) is 5.75 Å². The predicted molar refractivity (Wildman–Crippen MR) is 79.2 cm³/mol. The van der Waals surface area contributed by atoms with Gasteiger partial charge in [-0.1, -0.05) is 30.3 Å². The largest absolute Gasteiger partial charge is 0.497 e. The molecule has 2 rings (SSSR count). The first kappa shape index (κ1) is 13.6. The molecule has 102 valence electrons. The number of amides is 2. The molecule has 0 saturated carbocycles. The number of hydrogen-bond acceptors (Lipinski definition) is 3. The van der Waals surface area contributed by atoms with Crippen LogP contribution in [0.5, 0.6) is 5.75 Å². The van der Waals surface area contributed by atoms with Gasteiger partial charge in [0, 0.05) is 5.69 Å². The Morgan fingerprint density at radius 2 is 1.95 bits per heavy atom. The first-order chi connectivity index (χ1) is 9.78. The Morgan fingerprint density at radius 1 is 1.15 bits per heavy atom. The molecule has 0 aliphatic carbocycles. The summed E-state index contributed by atoms with van der Waals surface area (Å²) in [6, 6.07) is 16.1. The van der Waals surface area contributed by atoms with Crippen LogP contribution in [0.1, 0.15) is 5.56 Å². The van der Waals surface area contributed by atoms with E-state index in [1.807, 2.05) is 42.5 Å². The number of urea groups is 1. The Kier molecular flexibility index (Phi) is 4.72. The molecule has 5 nitrogen and oxygen atoms in total. The second-order valence-corrected chi connectivity index (χ2v) is 3.97. The highest BCUT2D eigenvalue weighted by atomic mass is 16.5. The van der Waals surface area contributed by atoms with E-state index in [1.54, 1.807) is 25.5 Å². The molecule has 2 N–H and O–H groups in total. The molecule has 0 aliphatic heterocycles. The van der Waals surface area contributed by atoms with Crippen molar-refractivity contribution in [2.75, 3.05) is 12.4 Å². The lowest BCUT2D eigenvalue weighted by Crippen LogP contribution is -2.24. The zero-order chi connectivity index (χ0) is 14.2. The molecule has 0 radical (unpaired) electrons. The molecule has 0 bridgehead atoms. The number of nitrogens with zero attached hydrogens (tertiary/aromatic N) is 1. The zero-order valence-electron chi connectivity index (χ0n) is 11.0. The normalized spacial score (nSPS) is 10.2. The van der Waals surface area contributed by atoms with Gasteiger partial charge in [-0.3, -0.25) is 0 Å². The molecular formula is C15H15N3O2. The number of ether oxygens (including phenoxy) is 1. The van der Waals surface area contributed by atoms with E-state index in [4.69, 9.17) is 4.74 Å². The fourth-order valence-electron chi connectivity index (χ4n) is 1.57. The van der Waals surface area contributed by atoms with Crippen LogP contribution in [0, 0.1) is 0 Å². The van der Waals surface area contributed by atoms with Crippen LogP contribution >= 0.6 is 0 Å². The van der Waals surface area contributed by atoms with E-state index < -0.39 is 6.03 Å². The topological polar surface area (TPSA) is 62.7 Å². The van der Waals surface area contributed by atoms with E-state index in [-0.39, 0.29) is 0 Å². The summed E-state index contributed by atoms with van der Waals surface area (Å²) >= 11 is 0. The maximum atomic E-state index is 11.6. The second-order valence-electron chi connectivity index (χ2n) is 3.97. The number of para-hydroxylation sites is 1. The first-order valence-electron chi connectivity index (χ1n) is 6.07. The minimum Gasteiger partial charge on any atom is -0.497 e. The maximum absolute atomic E-state index is 11.6. The summed E-state index contributed by atoms with van der Waals surface area (Å²) in [5.41, 5.74) is 3.94. The monoisotopic (exact) mass is 269 g/mol. The van der Waals surface area contributed by atoms with Crippen LogP contribution in [0.25, 0.3) is 0 Å². The Hall–Kier alpha value is -2.82. The van der Waals surface area contributed by atoms with Gasteiger partial charge in [0.15, 0.2) is 0 Å². The van der Waals surface area contributed by atoms with Crippen molar-refractivity contribution in [1.82, 2.24) is 5.43 Å². The SMILES string of the molecule is COc1cccc(C=NNC(=O)Nc2ccccc2)c1. The van der Waals surface area contributed by atoms with E-state index in [9.17, 15) is 4.79 Å². The van der Waals surface area contributed by atoms with E-state index in [0.717, 1.165) is 11.3 Å². The summed E-state index contributed by atoms with van der Waals surface area (Å²) in [5, 5.41) is 6.53. The molecule has 0 unspecified atom stereocenters. The van der Waals surface area contributed by atoms with Crippen molar-refractivity contribution in [1.29, 1.82) is 0 Å². The van der Waals surface area contributed by atoms with Gasteiger partial charge in [0.05, 0.1) is 13.3 Å². The third kappa shape index (κ3) is 4.13. The van der Waals surface area contributed by atoms with Crippen LogP contribution in [-0.4, -0.2) is 19.4 Å². The Labute approximate surface area is 117 Å². The van der Waals surface area contributed by atoms with E-state index in [0.29, 0.717) is 5.69 Å². The zero-order valence-corrected chi connectivity index (χ0v) is 11.0. The van der Waals surface area contributed by atoms with Crippen molar-refractivity contribution in [2.24, 2.45) is 5.10 Å². The molecule has 0 spiro atoms. The number of methoxy groups -OCH3 is 1. The van der Waals surface area contributed by atoms with Crippen LogP contribution in [0.3, 0.4) is 0 Å². The lowest BCUT2D eigenvalue weighted by Gasteiger charge is -2.03. The third-order valence-corrected chi connectivity index (χ3v) is 2.51. The average Bonchev–Trinajstić information content (AvgIpc) is 2.48. The van der Waals surface area contributed by atoms with Crippen LogP contribution in [0.2, 0.25) is 0 Å². The standard InChI is InChI=1S/C15H15N3O2/c1-20-14-9-5-6-12(10-14)11-16-18-15(19)17-13-7-3-2-4-8-13/h2-11H,1H3,(H2,17,18,19). The lowest BCUT2D eigenvalue weighted by atomic mass is 10.2. The maximum Gasteiger partial charge on any atom is 0.339 e. The van der Waals surface area contributed by atoms with Gasteiger partial charge in [-0.15, -0.1) is 0 Å². The van der Waals surface area contributed by atoms with Crippen LogP contribution in [-0.2, 0) is 0 Å². The van der Waals surface area contributed by atoms with Crippen molar-refractivity contribution in [3.05, 3.63) is 60.2 Å². The molecule has 0 atom stereocenters. The molecule has 0 aliphatic rings. The molecule has 5 heteroatoms. The molecule has 2 amide bonds. The van der Waals surface area contributed by atoms with Gasteiger partial charge in [0.2, 0.25) is 0 Å². The van der Waals surface area contributed by atoms with Crippen LogP contribution < -0.4 is 15.5 Å². The van der Waals surface area contributed by atoms with Crippen molar-refractivity contribution < 1.29 is 9.53 Å². The highest BCUT2D eigenvalue weighted by molar-refractivity contribution is 5.90. The van der Waals surface area contributed by atoms with Crippen molar-refractivity contribution in [3.63, 3.8) is 0 Å². The molecule has 0 saturated heterocycles. The molecule has 20 heavy (non-hydrogen) atoms. The minimum atomic E-state index is -0.393. The van der Waals surface area contributed by atoms with Crippen molar-refractivity contribution in [2.45, 2.75) is 0 Å². The first-order valence-corrected chi connectivity index (χ1v) is 6.07. The third-order valence-electron chi connectivity index (χ3n) is 2.51. The summed E-state index contributed by atoms with van der Waals surface area (Å²) in [5.74, 6) is 0.739. The number of carbonyl (C=O) groups is 1. The fourth-order valence-corrected chi connectivity index (χ4v) is 1.57. The smallest absolute Gasteiger partial charge is 0.339 e. The summed E-state index contributed by atoms with van der Waals surface area (Å²) in [7, 11) is 1.60. The Bertz CT molecular complexity index is 597. The number of anilines is 1. The summed E-state index contributed by atoms with van der Waals surface area (Å²) < 4.78 is 5.10. The molecule has 0 fully saturated rings. The van der Waals surface area contributed by atoms with E-state index >= 15 is 0 Å². The van der Waals surface area contributed by atoms with Crippen molar-refractivity contribution in [3.8, 4) is 5.75 Å². The number of nitrogens with one attached hydrogen (secondary N) is 2. The predicted octanol–water partition coefficient (Wildman–Crippen LogP) is 2.85. The molecule has 2 aromatic rings. The minimum absolute atomic E-state index is 0.393. The summed E-state index contributed by atoms with van der Waals surface area (Å²) in [6.45, 7) is 0. The molecule has 2 aromatic carbocycles. The van der Waals surface area contributed by atoms with Gasteiger partial charge in [-0.05, 0) is 29.8 Å². The number of benzene rings is 2. The van der Waals surface area contributed by atoms with Crippen LogP contribution in [0.4, 0.5) is 10.5 Å². The van der Waals surface area contributed by atoms with Crippen molar-refractivity contribution >= 4 is 17.9 Å². The Morgan fingerprint density at radius 3 is 2.70 bits per heavy atom. The molecular weight excluding hydrogens is 254 g/mol. The lowest BCUT2D eigenvalue weighted by molar-refractivity contribution is 0.252. The average molecular weight is 269 g/mol. The van der Waals surface area contributed by atoms with E-state index in [1.165, 1.54) is 0 Å². The summed E-state index contributed by atoms with van der Waals surface area (Å²) in [4.78, 5) is 11.6. The molecule has 0 heterocycles.